The highest BCUT2D eigenvalue weighted by atomic mass is 16.5. The second-order valence-corrected chi connectivity index (χ2v) is 5.14. The van der Waals surface area contributed by atoms with E-state index in [0.717, 1.165) is 45.5 Å². The molecule has 0 amide bonds. The van der Waals surface area contributed by atoms with E-state index in [2.05, 4.69) is 24.3 Å². The molecule has 2 rings (SSSR count). The van der Waals surface area contributed by atoms with Crippen molar-refractivity contribution in [3.8, 4) is 0 Å². The van der Waals surface area contributed by atoms with Gasteiger partial charge in [0.05, 0.1) is 12.7 Å². The molecule has 0 aromatic heterocycles. The Balaban J connectivity index is 1.83. The monoisotopic (exact) mass is 263 g/mol. The van der Waals surface area contributed by atoms with E-state index in [0.29, 0.717) is 0 Å². The molecule has 3 nitrogen and oxygen atoms in total. The molecular formula is C16H25NO2. The van der Waals surface area contributed by atoms with Crippen LogP contribution < -0.4 is 5.73 Å². The van der Waals surface area contributed by atoms with Gasteiger partial charge in [0, 0.05) is 19.3 Å². The highest BCUT2D eigenvalue weighted by Crippen LogP contribution is 2.30. The van der Waals surface area contributed by atoms with E-state index in [1.54, 1.807) is 0 Å². The fourth-order valence-electron chi connectivity index (χ4n) is 2.66. The molecule has 0 aliphatic carbocycles. The van der Waals surface area contributed by atoms with Crippen molar-refractivity contribution in [2.45, 2.75) is 44.8 Å². The summed E-state index contributed by atoms with van der Waals surface area (Å²) in [6.45, 7) is 4.43. The fraction of sp³-hybridized carbons (Fsp3) is 0.625. The zero-order chi connectivity index (χ0) is 13.5. The molecule has 1 heterocycles. The first-order valence-electron chi connectivity index (χ1n) is 7.34. The van der Waals surface area contributed by atoms with Gasteiger partial charge in [-0.25, -0.2) is 0 Å². The van der Waals surface area contributed by atoms with Gasteiger partial charge < -0.3 is 15.2 Å². The summed E-state index contributed by atoms with van der Waals surface area (Å²) >= 11 is 0. The predicted molar refractivity (Wildman–Crippen MR) is 77.2 cm³/mol. The van der Waals surface area contributed by atoms with Crippen LogP contribution in [0.5, 0.6) is 0 Å². The molecule has 1 aliphatic heterocycles. The largest absolute Gasteiger partial charge is 0.382 e. The maximum atomic E-state index is 6.21. The van der Waals surface area contributed by atoms with Gasteiger partial charge in [0.2, 0.25) is 0 Å². The van der Waals surface area contributed by atoms with Crippen molar-refractivity contribution in [3.63, 3.8) is 0 Å². The Morgan fingerprint density at radius 1 is 1.42 bits per heavy atom. The SMILES string of the molecule is CCOCCCC(N)CC1OCCc2ccccc21. The number of nitrogens with two attached hydrogens (primary N) is 1. The van der Waals surface area contributed by atoms with Crippen LogP contribution in [0.2, 0.25) is 0 Å². The summed E-state index contributed by atoms with van der Waals surface area (Å²) in [7, 11) is 0. The maximum Gasteiger partial charge on any atom is 0.0842 e. The quantitative estimate of drug-likeness (QED) is 0.769. The molecule has 2 atom stereocenters. The van der Waals surface area contributed by atoms with E-state index < -0.39 is 0 Å². The fourth-order valence-corrected chi connectivity index (χ4v) is 2.66. The molecule has 2 unspecified atom stereocenters. The molecule has 2 N–H and O–H groups in total. The summed E-state index contributed by atoms with van der Waals surface area (Å²) < 4.78 is 11.2. The van der Waals surface area contributed by atoms with Gasteiger partial charge in [-0.05, 0) is 43.7 Å². The summed E-state index contributed by atoms with van der Waals surface area (Å²) in [4.78, 5) is 0. The van der Waals surface area contributed by atoms with Crippen molar-refractivity contribution >= 4 is 0 Å². The van der Waals surface area contributed by atoms with Gasteiger partial charge in [-0.2, -0.15) is 0 Å². The third-order valence-corrected chi connectivity index (χ3v) is 3.68. The van der Waals surface area contributed by atoms with Crippen LogP contribution in [-0.4, -0.2) is 25.9 Å². The van der Waals surface area contributed by atoms with Gasteiger partial charge in [0.1, 0.15) is 0 Å². The van der Waals surface area contributed by atoms with Crippen LogP contribution in [0.3, 0.4) is 0 Å². The van der Waals surface area contributed by atoms with Crippen molar-refractivity contribution < 1.29 is 9.47 Å². The van der Waals surface area contributed by atoms with E-state index >= 15 is 0 Å². The minimum Gasteiger partial charge on any atom is -0.382 e. The summed E-state index contributed by atoms with van der Waals surface area (Å²) in [6.07, 6.45) is 4.13. The molecule has 0 saturated heterocycles. The Bertz CT molecular complexity index is 381. The average molecular weight is 263 g/mol. The molecule has 3 heteroatoms. The van der Waals surface area contributed by atoms with Crippen LogP contribution in [0.4, 0.5) is 0 Å². The lowest BCUT2D eigenvalue weighted by atomic mass is 9.93. The molecule has 1 aliphatic rings. The standard InChI is InChI=1S/C16H25NO2/c1-2-18-10-5-7-14(17)12-16-15-8-4-3-6-13(15)9-11-19-16/h3-4,6,8,14,16H,2,5,7,9-12,17H2,1H3. The lowest BCUT2D eigenvalue weighted by Gasteiger charge is -2.28. The zero-order valence-corrected chi connectivity index (χ0v) is 11.8. The zero-order valence-electron chi connectivity index (χ0n) is 11.8. The summed E-state index contributed by atoms with van der Waals surface area (Å²) in [5, 5.41) is 0. The smallest absolute Gasteiger partial charge is 0.0842 e. The molecule has 1 aromatic rings. The molecule has 0 fully saturated rings. The first-order chi connectivity index (χ1) is 9.31. The molecule has 0 saturated carbocycles. The van der Waals surface area contributed by atoms with Crippen molar-refractivity contribution in [3.05, 3.63) is 35.4 Å². The number of hydrogen-bond acceptors (Lipinski definition) is 3. The third-order valence-electron chi connectivity index (χ3n) is 3.68. The minimum absolute atomic E-state index is 0.173. The van der Waals surface area contributed by atoms with Crippen molar-refractivity contribution in [1.29, 1.82) is 0 Å². The van der Waals surface area contributed by atoms with E-state index in [1.165, 1.54) is 11.1 Å². The van der Waals surface area contributed by atoms with Gasteiger partial charge >= 0.3 is 0 Å². The summed E-state index contributed by atoms with van der Waals surface area (Å²) in [5.74, 6) is 0. The average Bonchev–Trinajstić information content (AvgIpc) is 2.44. The number of rotatable bonds is 7. The lowest BCUT2D eigenvalue weighted by Crippen LogP contribution is -2.27. The van der Waals surface area contributed by atoms with Crippen LogP contribution in [0.1, 0.15) is 43.4 Å². The Labute approximate surface area is 116 Å². The number of fused-ring (bicyclic) bond motifs is 1. The lowest BCUT2D eigenvalue weighted by molar-refractivity contribution is 0.0308. The van der Waals surface area contributed by atoms with Crippen LogP contribution in [-0.2, 0) is 15.9 Å². The summed E-state index contributed by atoms with van der Waals surface area (Å²) in [6, 6.07) is 8.75. The second-order valence-electron chi connectivity index (χ2n) is 5.14. The van der Waals surface area contributed by atoms with Crippen LogP contribution in [0, 0.1) is 0 Å². The van der Waals surface area contributed by atoms with Crippen molar-refractivity contribution in [2.24, 2.45) is 5.73 Å². The normalized spacial score (nSPS) is 20.0. The number of ether oxygens (including phenoxy) is 2. The highest BCUT2D eigenvalue weighted by molar-refractivity contribution is 5.30. The Hall–Kier alpha value is -0.900. The van der Waals surface area contributed by atoms with Gasteiger partial charge in [0.15, 0.2) is 0 Å². The first kappa shape index (κ1) is 14.5. The minimum atomic E-state index is 0.173. The van der Waals surface area contributed by atoms with Gasteiger partial charge in [-0.3, -0.25) is 0 Å². The Kier molecular flexibility index (Phi) is 5.83. The number of benzene rings is 1. The first-order valence-corrected chi connectivity index (χ1v) is 7.34. The van der Waals surface area contributed by atoms with Gasteiger partial charge in [-0.1, -0.05) is 24.3 Å². The van der Waals surface area contributed by atoms with Gasteiger partial charge in [-0.15, -0.1) is 0 Å². The van der Waals surface area contributed by atoms with Crippen molar-refractivity contribution in [1.82, 2.24) is 0 Å². The van der Waals surface area contributed by atoms with Crippen LogP contribution >= 0.6 is 0 Å². The highest BCUT2D eigenvalue weighted by Gasteiger charge is 2.22. The number of hydrogen-bond donors (Lipinski definition) is 1. The molecule has 0 bridgehead atoms. The van der Waals surface area contributed by atoms with E-state index in [-0.39, 0.29) is 12.1 Å². The third kappa shape index (κ3) is 4.30. The van der Waals surface area contributed by atoms with E-state index in [9.17, 15) is 0 Å². The maximum absolute atomic E-state index is 6.21. The molecule has 106 valence electrons. The van der Waals surface area contributed by atoms with Crippen LogP contribution in [0.15, 0.2) is 24.3 Å². The molecule has 19 heavy (non-hydrogen) atoms. The summed E-state index contributed by atoms with van der Waals surface area (Å²) in [5.41, 5.74) is 8.95. The molecule has 1 aromatic carbocycles. The molecule has 0 spiro atoms. The predicted octanol–water partition coefficient (Wildman–Crippen LogP) is 2.83. The van der Waals surface area contributed by atoms with E-state index in [1.807, 2.05) is 6.92 Å². The topological polar surface area (TPSA) is 44.5 Å². The second kappa shape index (κ2) is 7.63. The van der Waals surface area contributed by atoms with Gasteiger partial charge in [0.25, 0.3) is 0 Å². The van der Waals surface area contributed by atoms with E-state index in [4.69, 9.17) is 15.2 Å². The molecular weight excluding hydrogens is 238 g/mol. The Morgan fingerprint density at radius 2 is 2.26 bits per heavy atom. The van der Waals surface area contributed by atoms with Crippen LogP contribution in [0.25, 0.3) is 0 Å². The van der Waals surface area contributed by atoms with Crippen molar-refractivity contribution in [2.75, 3.05) is 19.8 Å². The Morgan fingerprint density at radius 3 is 3.11 bits per heavy atom. The molecule has 0 radical (unpaired) electrons.